The molecular formula is C13H12F3N3O2. The summed E-state index contributed by atoms with van der Waals surface area (Å²) in [6, 6.07) is 4.15. The molecule has 1 heterocycles. The summed E-state index contributed by atoms with van der Waals surface area (Å²) >= 11 is 0. The maximum Gasteiger partial charge on any atom is 0.416 e. The summed E-state index contributed by atoms with van der Waals surface area (Å²) in [7, 11) is 0. The number of pyridine rings is 1. The predicted molar refractivity (Wildman–Crippen MR) is 70.2 cm³/mol. The standard InChI is InChI=1S/C13H12F3N3O2/c14-13(15,16)8-1-2-9-10(7-8)19(5-3-11(9)20)6-4-12(21)18-17/h1-3,5,7H,4,6,17H2,(H,18,21). The lowest BCUT2D eigenvalue weighted by Gasteiger charge is -2.13. The van der Waals surface area contributed by atoms with Crippen molar-refractivity contribution in [3.05, 3.63) is 46.2 Å². The van der Waals surface area contributed by atoms with Crippen LogP contribution >= 0.6 is 0 Å². The number of halogens is 3. The molecule has 8 heteroatoms. The number of benzene rings is 1. The number of alkyl halides is 3. The van der Waals surface area contributed by atoms with Gasteiger partial charge in [0.05, 0.1) is 11.1 Å². The molecule has 0 atom stereocenters. The molecule has 0 aliphatic heterocycles. The van der Waals surface area contributed by atoms with Crippen molar-refractivity contribution in [2.24, 2.45) is 5.84 Å². The van der Waals surface area contributed by atoms with Crippen molar-refractivity contribution in [1.29, 1.82) is 0 Å². The first kappa shape index (κ1) is 15.0. The number of fused-ring (bicyclic) bond motifs is 1. The molecule has 1 aromatic heterocycles. The van der Waals surface area contributed by atoms with Crippen LogP contribution in [0.2, 0.25) is 0 Å². The van der Waals surface area contributed by atoms with E-state index in [9.17, 15) is 22.8 Å². The van der Waals surface area contributed by atoms with Crippen molar-refractivity contribution >= 4 is 16.8 Å². The number of nitrogens with two attached hydrogens (primary N) is 1. The van der Waals surface area contributed by atoms with E-state index in [0.717, 1.165) is 18.2 Å². The molecule has 0 spiro atoms. The zero-order valence-corrected chi connectivity index (χ0v) is 10.8. The molecule has 0 saturated heterocycles. The molecule has 3 N–H and O–H groups in total. The van der Waals surface area contributed by atoms with Gasteiger partial charge in [0.15, 0.2) is 5.43 Å². The maximum absolute atomic E-state index is 12.7. The number of hydrogen-bond donors (Lipinski definition) is 2. The Kier molecular flexibility index (Phi) is 3.99. The highest BCUT2D eigenvalue weighted by atomic mass is 19.4. The predicted octanol–water partition coefficient (Wildman–Crippen LogP) is 1.40. The highest BCUT2D eigenvalue weighted by molar-refractivity contribution is 5.80. The summed E-state index contributed by atoms with van der Waals surface area (Å²) in [5.41, 5.74) is 0.837. The number of carbonyl (C=O) groups is 1. The number of hydrazine groups is 1. The van der Waals surface area contributed by atoms with Crippen molar-refractivity contribution in [1.82, 2.24) is 9.99 Å². The average Bonchev–Trinajstić information content (AvgIpc) is 2.45. The Balaban J connectivity index is 2.52. The molecule has 2 rings (SSSR count). The molecule has 0 saturated carbocycles. The Morgan fingerprint density at radius 3 is 2.62 bits per heavy atom. The summed E-state index contributed by atoms with van der Waals surface area (Å²) < 4.78 is 39.7. The van der Waals surface area contributed by atoms with E-state index in [4.69, 9.17) is 5.84 Å². The van der Waals surface area contributed by atoms with E-state index >= 15 is 0 Å². The fourth-order valence-corrected chi connectivity index (χ4v) is 1.97. The number of amides is 1. The lowest BCUT2D eigenvalue weighted by molar-refractivity contribution is -0.137. The zero-order chi connectivity index (χ0) is 15.6. The van der Waals surface area contributed by atoms with E-state index in [1.165, 1.54) is 16.8 Å². The van der Waals surface area contributed by atoms with E-state index < -0.39 is 17.6 Å². The number of nitrogens with one attached hydrogen (secondary N) is 1. The van der Waals surface area contributed by atoms with Crippen LogP contribution in [0.3, 0.4) is 0 Å². The van der Waals surface area contributed by atoms with Crippen LogP contribution in [0.5, 0.6) is 0 Å². The molecule has 1 amide bonds. The third kappa shape index (κ3) is 3.22. The first-order chi connectivity index (χ1) is 9.82. The monoisotopic (exact) mass is 299 g/mol. The van der Waals surface area contributed by atoms with Gasteiger partial charge in [-0.15, -0.1) is 0 Å². The van der Waals surface area contributed by atoms with Crippen LogP contribution < -0.4 is 16.7 Å². The van der Waals surface area contributed by atoms with Gasteiger partial charge < -0.3 is 4.57 Å². The molecule has 0 aliphatic rings. The molecular weight excluding hydrogens is 287 g/mol. The second kappa shape index (κ2) is 5.57. The number of carbonyl (C=O) groups excluding carboxylic acids is 1. The third-order valence-electron chi connectivity index (χ3n) is 3.05. The summed E-state index contributed by atoms with van der Waals surface area (Å²) in [4.78, 5) is 22.8. The van der Waals surface area contributed by atoms with E-state index in [1.807, 2.05) is 5.43 Å². The fourth-order valence-electron chi connectivity index (χ4n) is 1.97. The van der Waals surface area contributed by atoms with Crippen LogP contribution in [0.4, 0.5) is 13.2 Å². The van der Waals surface area contributed by atoms with Crippen molar-refractivity contribution in [2.75, 3.05) is 0 Å². The van der Waals surface area contributed by atoms with Crippen molar-refractivity contribution < 1.29 is 18.0 Å². The first-order valence-corrected chi connectivity index (χ1v) is 6.03. The summed E-state index contributed by atoms with van der Waals surface area (Å²) in [6.45, 7) is 0.112. The van der Waals surface area contributed by atoms with Gasteiger partial charge in [-0.05, 0) is 18.2 Å². The van der Waals surface area contributed by atoms with E-state index in [-0.39, 0.29) is 29.3 Å². The first-order valence-electron chi connectivity index (χ1n) is 6.03. The fraction of sp³-hybridized carbons (Fsp3) is 0.231. The van der Waals surface area contributed by atoms with Gasteiger partial charge in [0.2, 0.25) is 5.91 Å². The highest BCUT2D eigenvalue weighted by Gasteiger charge is 2.30. The molecule has 1 aromatic carbocycles. The number of nitrogens with zero attached hydrogens (tertiary/aromatic N) is 1. The van der Waals surface area contributed by atoms with Gasteiger partial charge in [0.1, 0.15) is 0 Å². The Labute approximate surface area is 117 Å². The van der Waals surface area contributed by atoms with Crippen LogP contribution in [0.25, 0.3) is 10.9 Å². The molecule has 21 heavy (non-hydrogen) atoms. The van der Waals surface area contributed by atoms with Gasteiger partial charge in [-0.1, -0.05) is 0 Å². The number of aromatic nitrogens is 1. The topological polar surface area (TPSA) is 77.1 Å². The lowest BCUT2D eigenvalue weighted by atomic mass is 10.1. The van der Waals surface area contributed by atoms with Crippen LogP contribution in [-0.2, 0) is 17.5 Å². The number of hydrogen-bond acceptors (Lipinski definition) is 3. The molecule has 0 aliphatic carbocycles. The molecule has 112 valence electrons. The molecule has 0 bridgehead atoms. The van der Waals surface area contributed by atoms with Gasteiger partial charge in [0, 0.05) is 30.6 Å². The smallest absolute Gasteiger partial charge is 0.347 e. The van der Waals surface area contributed by atoms with Gasteiger partial charge in [-0.3, -0.25) is 15.0 Å². The molecule has 5 nitrogen and oxygen atoms in total. The molecule has 0 fully saturated rings. The summed E-state index contributed by atoms with van der Waals surface area (Å²) in [6.07, 6.45) is -3.15. The van der Waals surface area contributed by atoms with E-state index in [0.29, 0.717) is 0 Å². The van der Waals surface area contributed by atoms with Crippen LogP contribution in [-0.4, -0.2) is 10.5 Å². The van der Waals surface area contributed by atoms with Gasteiger partial charge in [0.25, 0.3) is 0 Å². The zero-order valence-electron chi connectivity index (χ0n) is 10.8. The van der Waals surface area contributed by atoms with Crippen LogP contribution in [0, 0.1) is 0 Å². The van der Waals surface area contributed by atoms with Crippen molar-refractivity contribution in [2.45, 2.75) is 19.1 Å². The Hall–Kier alpha value is -2.35. The normalized spacial score (nSPS) is 11.6. The third-order valence-corrected chi connectivity index (χ3v) is 3.05. The van der Waals surface area contributed by atoms with E-state index in [1.54, 1.807) is 0 Å². The largest absolute Gasteiger partial charge is 0.416 e. The summed E-state index contributed by atoms with van der Waals surface area (Å²) in [5, 5.41) is 0.165. The minimum absolute atomic E-state index is 0.00921. The maximum atomic E-state index is 12.7. The van der Waals surface area contributed by atoms with Gasteiger partial charge in [-0.2, -0.15) is 13.2 Å². The average molecular weight is 299 g/mol. The Morgan fingerprint density at radius 2 is 2.00 bits per heavy atom. The molecule has 0 radical (unpaired) electrons. The SMILES string of the molecule is NNC(=O)CCn1ccc(=O)c2ccc(C(F)(F)F)cc21. The van der Waals surface area contributed by atoms with E-state index in [2.05, 4.69) is 0 Å². The highest BCUT2D eigenvalue weighted by Crippen LogP contribution is 2.30. The van der Waals surface area contributed by atoms with Crippen molar-refractivity contribution in [3.63, 3.8) is 0 Å². The lowest BCUT2D eigenvalue weighted by Crippen LogP contribution is -2.30. The minimum Gasteiger partial charge on any atom is -0.347 e. The van der Waals surface area contributed by atoms with Crippen LogP contribution in [0.1, 0.15) is 12.0 Å². The Morgan fingerprint density at radius 1 is 1.29 bits per heavy atom. The molecule has 2 aromatic rings. The van der Waals surface area contributed by atoms with Crippen LogP contribution in [0.15, 0.2) is 35.3 Å². The van der Waals surface area contributed by atoms with Gasteiger partial charge in [-0.25, -0.2) is 5.84 Å². The second-order valence-corrected chi connectivity index (χ2v) is 4.42. The summed E-state index contributed by atoms with van der Waals surface area (Å²) in [5.74, 6) is 4.50. The van der Waals surface area contributed by atoms with Crippen molar-refractivity contribution in [3.8, 4) is 0 Å². The minimum atomic E-state index is -4.50. The number of rotatable bonds is 3. The van der Waals surface area contributed by atoms with Gasteiger partial charge >= 0.3 is 6.18 Å². The Bertz CT molecular complexity index is 737. The molecule has 0 unspecified atom stereocenters. The number of aryl methyl sites for hydroxylation is 1. The second-order valence-electron chi connectivity index (χ2n) is 4.42. The quantitative estimate of drug-likeness (QED) is 0.511.